The van der Waals surface area contributed by atoms with Crippen LogP contribution in [0.15, 0.2) is 111 Å². The van der Waals surface area contributed by atoms with Gasteiger partial charge in [-0.05, 0) is 79.2 Å². The first-order valence-electron chi connectivity index (χ1n) is 13.6. The topological polar surface area (TPSA) is 89.9 Å². The maximum atomic E-state index is 14.1. The third kappa shape index (κ3) is 5.00. The van der Waals surface area contributed by atoms with Crippen molar-refractivity contribution < 1.29 is 9.59 Å². The number of nitrogens with one attached hydrogen (secondary N) is 2. The van der Waals surface area contributed by atoms with Crippen LogP contribution in [-0.2, 0) is 9.59 Å². The molecule has 0 unspecified atom stereocenters. The van der Waals surface area contributed by atoms with Crippen molar-refractivity contribution in [2.45, 2.75) is 13.8 Å². The first-order chi connectivity index (χ1) is 20.9. The highest BCUT2D eigenvalue weighted by molar-refractivity contribution is 9.10. The van der Waals surface area contributed by atoms with Crippen LogP contribution in [0.1, 0.15) is 22.3 Å². The maximum Gasteiger partial charge on any atom is 0.276 e. The van der Waals surface area contributed by atoms with Crippen LogP contribution in [0.5, 0.6) is 0 Å². The highest BCUT2D eigenvalue weighted by Crippen LogP contribution is 2.39. The molecule has 0 saturated carbocycles. The van der Waals surface area contributed by atoms with Gasteiger partial charge in [0.15, 0.2) is 5.71 Å². The molecule has 2 aliphatic heterocycles. The lowest BCUT2D eigenvalue weighted by Gasteiger charge is -2.18. The number of amides is 2. The molecule has 1 saturated heterocycles. The van der Waals surface area contributed by atoms with Crippen LogP contribution in [0.25, 0.3) is 28.2 Å². The van der Waals surface area contributed by atoms with Gasteiger partial charge in [-0.15, -0.1) is 10.2 Å². The number of hydrogen-bond acceptors (Lipinski definition) is 5. The molecule has 0 spiro atoms. The summed E-state index contributed by atoms with van der Waals surface area (Å²) in [6, 6.07) is 29.6. The van der Waals surface area contributed by atoms with Gasteiger partial charge in [0.25, 0.3) is 11.8 Å². The number of fused-ring (bicyclic) bond motifs is 2. The fourth-order valence-corrected chi connectivity index (χ4v) is 6.63. The zero-order valence-electron chi connectivity index (χ0n) is 23.2. The molecular weight excluding hydrogens is 622 g/mol. The van der Waals surface area contributed by atoms with E-state index in [1.54, 1.807) is 4.90 Å². The standard InChI is InChI=1S/C34H24BrN5O2S/c1-19-11-14-29(20(2)15-19)40-33(42)30(43-34(40)39-38-31-25-18-23(35)12-13-27(25)37-32(31)41)17-21-7-3-5-9-24(21)28-16-22-8-4-6-10-26(22)36-28/h3-18,36H,1-2H3,(H,37,38,41). The van der Waals surface area contributed by atoms with Crippen LogP contribution in [0, 0.1) is 13.8 Å². The quantitative estimate of drug-likeness (QED) is 0.153. The van der Waals surface area contributed by atoms with E-state index in [9.17, 15) is 9.59 Å². The molecule has 0 atom stereocenters. The molecule has 2 N–H and O–H groups in total. The van der Waals surface area contributed by atoms with E-state index in [2.05, 4.69) is 48.6 Å². The maximum absolute atomic E-state index is 14.1. The van der Waals surface area contributed by atoms with Crippen LogP contribution >= 0.6 is 27.7 Å². The molecule has 0 radical (unpaired) electrons. The van der Waals surface area contributed by atoms with E-state index in [0.717, 1.165) is 43.3 Å². The number of aromatic nitrogens is 1. The number of H-pyrrole nitrogens is 1. The monoisotopic (exact) mass is 645 g/mol. The average molecular weight is 647 g/mol. The van der Waals surface area contributed by atoms with Gasteiger partial charge in [-0.25, -0.2) is 0 Å². The first-order valence-corrected chi connectivity index (χ1v) is 15.2. The summed E-state index contributed by atoms with van der Waals surface area (Å²) in [6.45, 7) is 3.98. The first kappa shape index (κ1) is 27.1. The minimum atomic E-state index is -0.340. The summed E-state index contributed by atoms with van der Waals surface area (Å²) >= 11 is 4.70. The van der Waals surface area contributed by atoms with E-state index >= 15 is 0 Å². The van der Waals surface area contributed by atoms with Crippen molar-refractivity contribution in [2.24, 2.45) is 10.2 Å². The Morgan fingerprint density at radius 2 is 1.67 bits per heavy atom. The number of aryl methyl sites for hydroxylation is 2. The summed E-state index contributed by atoms with van der Waals surface area (Å²) in [5.41, 5.74) is 8.14. The summed E-state index contributed by atoms with van der Waals surface area (Å²) in [4.78, 5) is 32.4. The Balaban J connectivity index is 1.33. The van der Waals surface area contributed by atoms with Crippen molar-refractivity contribution in [1.82, 2.24) is 4.98 Å². The Morgan fingerprint density at radius 3 is 2.51 bits per heavy atom. The van der Waals surface area contributed by atoms with Crippen LogP contribution in [0.2, 0.25) is 0 Å². The van der Waals surface area contributed by atoms with Gasteiger partial charge in [0, 0.05) is 32.2 Å². The molecule has 1 aromatic heterocycles. The van der Waals surface area contributed by atoms with E-state index in [1.165, 1.54) is 11.8 Å². The summed E-state index contributed by atoms with van der Waals surface area (Å²) in [5, 5.41) is 13.2. The molecule has 4 aromatic carbocycles. The molecule has 1 fully saturated rings. The second kappa shape index (κ2) is 10.8. The second-order valence-electron chi connectivity index (χ2n) is 10.4. The van der Waals surface area contributed by atoms with Crippen molar-refractivity contribution in [3.05, 3.63) is 123 Å². The van der Waals surface area contributed by atoms with Gasteiger partial charge in [-0.3, -0.25) is 14.5 Å². The number of amidine groups is 1. The molecular formula is C34H24BrN5O2S. The van der Waals surface area contributed by atoms with Crippen LogP contribution in [-0.4, -0.2) is 27.7 Å². The Labute approximate surface area is 260 Å². The smallest absolute Gasteiger partial charge is 0.276 e. The summed E-state index contributed by atoms with van der Waals surface area (Å²) < 4.78 is 0.823. The predicted molar refractivity (Wildman–Crippen MR) is 179 cm³/mol. The minimum absolute atomic E-state index is 0.194. The lowest BCUT2D eigenvalue weighted by atomic mass is 10.0. The van der Waals surface area contributed by atoms with Gasteiger partial charge in [-0.1, -0.05) is 76.1 Å². The van der Waals surface area contributed by atoms with E-state index < -0.39 is 0 Å². The van der Waals surface area contributed by atoms with Crippen molar-refractivity contribution >= 4 is 78.7 Å². The normalized spacial score (nSPS) is 17.5. The second-order valence-corrected chi connectivity index (χ2v) is 12.3. The van der Waals surface area contributed by atoms with Crippen molar-refractivity contribution in [2.75, 3.05) is 10.2 Å². The zero-order chi connectivity index (χ0) is 29.7. The minimum Gasteiger partial charge on any atom is -0.355 e. The number of hydrogen-bond donors (Lipinski definition) is 2. The zero-order valence-corrected chi connectivity index (χ0v) is 25.6. The number of aromatic amines is 1. The molecule has 2 amide bonds. The third-order valence-electron chi connectivity index (χ3n) is 7.40. The highest BCUT2D eigenvalue weighted by Gasteiger charge is 2.36. The molecule has 2 aliphatic rings. The van der Waals surface area contributed by atoms with Gasteiger partial charge in [-0.2, -0.15) is 0 Å². The van der Waals surface area contributed by atoms with E-state index in [1.807, 2.05) is 98.8 Å². The lowest BCUT2D eigenvalue weighted by Crippen LogP contribution is -2.29. The van der Waals surface area contributed by atoms with Crippen LogP contribution in [0.3, 0.4) is 0 Å². The number of thioether (sulfide) groups is 1. The van der Waals surface area contributed by atoms with Crippen molar-refractivity contribution in [3.63, 3.8) is 0 Å². The van der Waals surface area contributed by atoms with Crippen molar-refractivity contribution in [1.29, 1.82) is 0 Å². The van der Waals surface area contributed by atoms with E-state index in [4.69, 9.17) is 0 Å². The summed E-state index contributed by atoms with van der Waals surface area (Å²) in [5.74, 6) is -0.547. The Kier molecular flexibility index (Phi) is 6.83. The fraction of sp³-hybridized carbons (Fsp3) is 0.0588. The number of benzene rings is 4. The number of nitrogens with zero attached hydrogens (tertiary/aromatic N) is 3. The summed E-state index contributed by atoms with van der Waals surface area (Å²) in [7, 11) is 0. The summed E-state index contributed by atoms with van der Waals surface area (Å²) in [6.07, 6.45) is 1.90. The number of para-hydroxylation sites is 1. The van der Waals surface area contributed by atoms with E-state index in [-0.39, 0.29) is 17.5 Å². The molecule has 3 heterocycles. The Morgan fingerprint density at radius 1 is 0.860 bits per heavy atom. The molecule has 7 rings (SSSR count). The van der Waals surface area contributed by atoms with Crippen LogP contribution < -0.4 is 10.2 Å². The number of anilines is 2. The van der Waals surface area contributed by atoms with Gasteiger partial charge in [0.2, 0.25) is 5.17 Å². The number of halogens is 1. The molecule has 5 aromatic rings. The molecule has 0 bridgehead atoms. The average Bonchev–Trinajstić information content (AvgIpc) is 3.65. The predicted octanol–water partition coefficient (Wildman–Crippen LogP) is 8.05. The van der Waals surface area contributed by atoms with Gasteiger partial charge in [0.1, 0.15) is 0 Å². The number of carbonyl (C=O) groups excluding carboxylic acids is 2. The Hall–Kier alpha value is -4.73. The molecule has 9 heteroatoms. The highest BCUT2D eigenvalue weighted by atomic mass is 79.9. The SMILES string of the molecule is Cc1ccc(N2C(=O)C(=Cc3ccccc3-c3cc4ccccc4[nH]3)SC2=NN=C2C(=O)Nc3ccc(Br)cc32)c(C)c1. The van der Waals surface area contributed by atoms with Crippen molar-refractivity contribution in [3.8, 4) is 11.3 Å². The Bertz CT molecular complexity index is 2040. The number of rotatable bonds is 4. The van der Waals surface area contributed by atoms with E-state index in [0.29, 0.717) is 27.0 Å². The van der Waals surface area contributed by atoms with Crippen LogP contribution in [0.4, 0.5) is 11.4 Å². The molecule has 210 valence electrons. The molecule has 0 aliphatic carbocycles. The molecule has 43 heavy (non-hydrogen) atoms. The number of carbonyl (C=O) groups is 2. The third-order valence-corrected chi connectivity index (χ3v) is 8.86. The fourth-order valence-electron chi connectivity index (χ4n) is 5.35. The lowest BCUT2D eigenvalue weighted by molar-refractivity contribution is -0.113. The van der Waals surface area contributed by atoms with Gasteiger partial charge < -0.3 is 10.3 Å². The van der Waals surface area contributed by atoms with Gasteiger partial charge >= 0.3 is 0 Å². The molecule has 7 nitrogen and oxygen atoms in total. The van der Waals surface area contributed by atoms with Gasteiger partial charge in [0.05, 0.1) is 16.3 Å². The largest absolute Gasteiger partial charge is 0.355 e.